The summed E-state index contributed by atoms with van der Waals surface area (Å²) in [5, 5.41) is 10.2. The average molecular weight is 221 g/mol. The van der Waals surface area contributed by atoms with Gasteiger partial charge in [0.05, 0.1) is 6.04 Å². The van der Waals surface area contributed by atoms with Crippen molar-refractivity contribution < 1.29 is 9.84 Å². The Morgan fingerprint density at radius 3 is 2.56 bits per heavy atom. The van der Waals surface area contributed by atoms with Crippen molar-refractivity contribution in [3.05, 3.63) is 28.8 Å². The molecule has 0 radical (unpaired) electrons. The third-order valence-corrected chi connectivity index (χ3v) is 3.27. The second-order valence-electron chi connectivity index (χ2n) is 5.18. The van der Waals surface area contributed by atoms with Crippen LogP contribution in [0.2, 0.25) is 0 Å². The molecular formula is C13H19NO2. The summed E-state index contributed by atoms with van der Waals surface area (Å²) in [7, 11) is 0. The van der Waals surface area contributed by atoms with Crippen molar-refractivity contribution in [1.29, 1.82) is 0 Å². The Labute approximate surface area is 96.2 Å². The van der Waals surface area contributed by atoms with Crippen LogP contribution in [-0.2, 0) is 0 Å². The number of rotatable bonds is 0. The van der Waals surface area contributed by atoms with Crippen molar-refractivity contribution in [1.82, 2.24) is 0 Å². The van der Waals surface area contributed by atoms with E-state index in [1.807, 2.05) is 33.8 Å². The van der Waals surface area contributed by atoms with E-state index < -0.39 is 17.7 Å². The number of aliphatic hydroxyl groups excluding tert-OH is 1. The first-order chi connectivity index (χ1) is 7.33. The lowest BCUT2D eigenvalue weighted by atomic mass is 9.85. The van der Waals surface area contributed by atoms with Crippen LogP contribution in [-0.4, -0.2) is 16.7 Å². The minimum absolute atomic E-state index is 0.402. The van der Waals surface area contributed by atoms with Gasteiger partial charge in [-0.3, -0.25) is 0 Å². The lowest BCUT2D eigenvalue weighted by molar-refractivity contribution is -0.0123. The predicted molar refractivity (Wildman–Crippen MR) is 63.6 cm³/mol. The summed E-state index contributed by atoms with van der Waals surface area (Å²) >= 11 is 0. The van der Waals surface area contributed by atoms with E-state index in [9.17, 15) is 5.11 Å². The van der Waals surface area contributed by atoms with Gasteiger partial charge in [0.1, 0.15) is 17.5 Å². The first-order valence-corrected chi connectivity index (χ1v) is 5.57. The maximum atomic E-state index is 10.2. The highest BCUT2D eigenvalue weighted by Crippen LogP contribution is 2.41. The Kier molecular flexibility index (Phi) is 2.48. The fraction of sp³-hybridized carbons (Fsp3) is 0.538. The van der Waals surface area contributed by atoms with Gasteiger partial charge in [0.2, 0.25) is 0 Å². The molecule has 1 aliphatic rings. The van der Waals surface area contributed by atoms with E-state index >= 15 is 0 Å². The van der Waals surface area contributed by atoms with Crippen LogP contribution in [0.5, 0.6) is 5.75 Å². The Bertz CT molecular complexity index is 426. The van der Waals surface area contributed by atoms with Crippen LogP contribution in [0.1, 0.15) is 36.6 Å². The Morgan fingerprint density at radius 1 is 1.31 bits per heavy atom. The minimum atomic E-state index is -0.655. The highest BCUT2D eigenvalue weighted by molar-refractivity contribution is 5.47. The van der Waals surface area contributed by atoms with Crippen molar-refractivity contribution in [2.45, 2.75) is 45.4 Å². The normalized spacial score (nSPS) is 27.1. The van der Waals surface area contributed by atoms with E-state index in [0.29, 0.717) is 0 Å². The molecule has 2 rings (SSSR count). The Morgan fingerprint density at radius 2 is 1.94 bits per heavy atom. The van der Waals surface area contributed by atoms with Crippen LogP contribution < -0.4 is 10.5 Å². The maximum absolute atomic E-state index is 10.2. The van der Waals surface area contributed by atoms with Gasteiger partial charge in [-0.15, -0.1) is 0 Å². The molecule has 2 unspecified atom stereocenters. The van der Waals surface area contributed by atoms with E-state index in [1.54, 1.807) is 0 Å². The molecule has 0 aromatic heterocycles. The molecule has 0 aliphatic carbocycles. The number of benzene rings is 1. The molecule has 0 bridgehead atoms. The van der Waals surface area contributed by atoms with Crippen molar-refractivity contribution >= 4 is 0 Å². The van der Waals surface area contributed by atoms with E-state index in [1.165, 1.54) is 0 Å². The predicted octanol–water partition coefficient (Wildman–Crippen LogP) is 1.84. The summed E-state index contributed by atoms with van der Waals surface area (Å²) in [4.78, 5) is 0. The molecule has 3 nitrogen and oxygen atoms in total. The number of ether oxygens (including phenoxy) is 1. The van der Waals surface area contributed by atoms with Crippen LogP contribution in [0.3, 0.4) is 0 Å². The molecule has 3 heteroatoms. The smallest absolute Gasteiger partial charge is 0.128 e. The lowest BCUT2D eigenvalue weighted by Crippen LogP contribution is -2.54. The number of fused-ring (bicyclic) bond motifs is 1. The van der Waals surface area contributed by atoms with Gasteiger partial charge >= 0.3 is 0 Å². The number of hydrogen-bond donors (Lipinski definition) is 2. The van der Waals surface area contributed by atoms with Crippen molar-refractivity contribution in [3.63, 3.8) is 0 Å². The van der Waals surface area contributed by atoms with Gasteiger partial charge in [-0.1, -0.05) is 11.6 Å². The van der Waals surface area contributed by atoms with Gasteiger partial charge < -0.3 is 15.6 Å². The van der Waals surface area contributed by atoms with Crippen molar-refractivity contribution in [2.24, 2.45) is 5.73 Å². The Balaban J connectivity index is 2.59. The molecule has 0 amide bonds. The second-order valence-corrected chi connectivity index (χ2v) is 5.18. The molecule has 0 spiro atoms. The summed E-state index contributed by atoms with van der Waals surface area (Å²) in [6, 6.07) is 3.60. The van der Waals surface area contributed by atoms with Gasteiger partial charge in [0, 0.05) is 5.56 Å². The van der Waals surface area contributed by atoms with Gasteiger partial charge in [-0.2, -0.15) is 0 Å². The molecule has 0 fully saturated rings. The van der Waals surface area contributed by atoms with Crippen LogP contribution in [0, 0.1) is 13.8 Å². The quantitative estimate of drug-likeness (QED) is 0.702. The molecule has 1 heterocycles. The van der Waals surface area contributed by atoms with Crippen LogP contribution in [0.4, 0.5) is 0 Å². The average Bonchev–Trinajstić information content (AvgIpc) is 2.17. The molecule has 16 heavy (non-hydrogen) atoms. The highest BCUT2D eigenvalue weighted by Gasteiger charge is 2.41. The largest absolute Gasteiger partial charge is 0.485 e. The zero-order valence-corrected chi connectivity index (χ0v) is 10.2. The van der Waals surface area contributed by atoms with Gasteiger partial charge in [0.15, 0.2) is 0 Å². The monoisotopic (exact) mass is 221 g/mol. The first-order valence-electron chi connectivity index (χ1n) is 5.57. The standard InChI is InChI=1S/C13H19NO2/c1-7-5-8(2)11-9(6-7)10(15)12(14)13(3,4)16-11/h5-6,10,12,15H,14H2,1-4H3. The van der Waals surface area contributed by atoms with E-state index in [4.69, 9.17) is 10.5 Å². The fourth-order valence-electron chi connectivity index (χ4n) is 2.25. The molecule has 1 aromatic carbocycles. The van der Waals surface area contributed by atoms with Crippen LogP contribution >= 0.6 is 0 Å². The van der Waals surface area contributed by atoms with Crippen LogP contribution in [0.25, 0.3) is 0 Å². The summed E-state index contributed by atoms with van der Waals surface area (Å²) in [6.45, 7) is 7.81. The van der Waals surface area contributed by atoms with Gasteiger partial charge in [-0.25, -0.2) is 0 Å². The zero-order valence-electron chi connectivity index (χ0n) is 10.2. The molecule has 1 aromatic rings. The summed E-state index contributed by atoms with van der Waals surface area (Å²) < 4.78 is 5.90. The fourth-order valence-corrected chi connectivity index (χ4v) is 2.25. The van der Waals surface area contributed by atoms with E-state index in [2.05, 4.69) is 6.07 Å². The van der Waals surface area contributed by atoms with E-state index in [0.717, 1.165) is 22.4 Å². The minimum Gasteiger partial charge on any atom is -0.485 e. The molecular weight excluding hydrogens is 202 g/mol. The first kappa shape index (κ1) is 11.4. The van der Waals surface area contributed by atoms with Crippen molar-refractivity contribution in [3.8, 4) is 5.75 Å². The maximum Gasteiger partial charge on any atom is 0.128 e. The van der Waals surface area contributed by atoms with Crippen molar-refractivity contribution in [2.75, 3.05) is 0 Å². The Hall–Kier alpha value is -1.06. The third kappa shape index (κ3) is 1.60. The second kappa shape index (κ2) is 3.47. The number of aliphatic hydroxyl groups is 1. The van der Waals surface area contributed by atoms with Gasteiger partial charge in [-0.05, 0) is 39.3 Å². The highest BCUT2D eigenvalue weighted by atomic mass is 16.5. The summed E-state index contributed by atoms with van der Waals surface area (Å²) in [5.74, 6) is 0.782. The molecule has 0 saturated heterocycles. The zero-order chi connectivity index (χ0) is 12.1. The SMILES string of the molecule is Cc1cc(C)c2c(c1)C(O)C(N)C(C)(C)O2. The number of nitrogens with two attached hydrogens (primary N) is 1. The molecule has 88 valence electrons. The molecule has 0 saturated carbocycles. The van der Waals surface area contributed by atoms with Gasteiger partial charge in [0.25, 0.3) is 0 Å². The molecule has 2 atom stereocenters. The summed E-state index contributed by atoms with van der Waals surface area (Å²) in [6.07, 6.45) is -0.655. The van der Waals surface area contributed by atoms with Crippen LogP contribution in [0.15, 0.2) is 12.1 Å². The number of aryl methyl sites for hydroxylation is 2. The summed E-state index contributed by atoms with van der Waals surface area (Å²) in [5.41, 5.74) is 8.44. The topological polar surface area (TPSA) is 55.5 Å². The number of hydrogen-bond acceptors (Lipinski definition) is 3. The molecule has 1 aliphatic heterocycles. The lowest BCUT2D eigenvalue weighted by Gasteiger charge is -2.41. The third-order valence-electron chi connectivity index (χ3n) is 3.27. The van der Waals surface area contributed by atoms with E-state index in [-0.39, 0.29) is 0 Å². The molecule has 3 N–H and O–H groups in total.